The number of aromatic nitrogens is 3. The number of hydrogen-bond donors (Lipinski definition) is 4. The zero-order chi connectivity index (χ0) is 30.0. The molecule has 4 heterocycles. The highest BCUT2D eigenvalue weighted by atomic mass is 19.1. The molecule has 4 N–H and O–H groups in total. The monoisotopic (exact) mass is 582 g/mol. The third-order valence-electron chi connectivity index (χ3n) is 7.13. The smallest absolute Gasteiger partial charge is 0.453 e. The Morgan fingerprint density at radius 1 is 1.24 bits per heavy atom. The van der Waals surface area contributed by atoms with Crippen LogP contribution in [0.25, 0.3) is 11.0 Å². The number of benzene rings is 1. The molecule has 1 unspecified atom stereocenters. The van der Waals surface area contributed by atoms with E-state index in [1.807, 2.05) is 0 Å². The summed E-state index contributed by atoms with van der Waals surface area (Å²) in [4.78, 5) is 45.2. The molecule has 42 heavy (non-hydrogen) atoms. The van der Waals surface area contributed by atoms with Crippen LogP contribution in [-0.2, 0) is 14.3 Å². The molecule has 3 aromatic rings. The van der Waals surface area contributed by atoms with E-state index in [0.717, 1.165) is 6.07 Å². The Morgan fingerprint density at radius 3 is 2.69 bits per heavy atom. The van der Waals surface area contributed by atoms with Crippen molar-refractivity contribution in [1.29, 1.82) is 0 Å². The number of fused-ring (bicyclic) bond motifs is 1. The van der Waals surface area contributed by atoms with Crippen molar-refractivity contribution in [1.82, 2.24) is 20.1 Å². The van der Waals surface area contributed by atoms with Crippen LogP contribution >= 0.6 is 0 Å². The van der Waals surface area contributed by atoms with Crippen LogP contribution in [0.3, 0.4) is 0 Å². The molecule has 0 spiro atoms. The maximum atomic E-state index is 15.2. The van der Waals surface area contributed by atoms with Crippen molar-refractivity contribution in [3.8, 4) is 11.5 Å². The summed E-state index contributed by atoms with van der Waals surface area (Å²) in [5.74, 6) is -2.81. The van der Waals surface area contributed by atoms with Crippen molar-refractivity contribution in [3.05, 3.63) is 36.3 Å². The molecule has 2 aromatic heterocycles. The van der Waals surface area contributed by atoms with Crippen molar-refractivity contribution in [3.63, 3.8) is 0 Å². The number of nitrogens with zero attached hydrogens (tertiary/aromatic N) is 4. The van der Waals surface area contributed by atoms with Gasteiger partial charge in [-0.1, -0.05) is 0 Å². The van der Waals surface area contributed by atoms with E-state index in [9.17, 15) is 19.5 Å². The minimum Gasteiger partial charge on any atom is -0.453 e. The first-order valence-electron chi connectivity index (χ1n) is 13.7. The zero-order valence-corrected chi connectivity index (χ0v) is 23.5. The Hall–Kier alpha value is -4.43. The summed E-state index contributed by atoms with van der Waals surface area (Å²) in [6, 6.07) is 4.03. The summed E-state index contributed by atoms with van der Waals surface area (Å²) >= 11 is 0. The predicted molar refractivity (Wildman–Crippen MR) is 150 cm³/mol. The molecule has 4 amide bonds. The molecule has 1 aromatic carbocycles. The highest BCUT2D eigenvalue weighted by Gasteiger charge is 2.50. The molecule has 222 valence electrons. The van der Waals surface area contributed by atoms with Crippen molar-refractivity contribution < 1.29 is 37.9 Å². The van der Waals surface area contributed by atoms with Crippen LogP contribution in [0.15, 0.2) is 30.5 Å². The van der Waals surface area contributed by atoms with Gasteiger partial charge in [-0.2, -0.15) is 19.4 Å². The third-order valence-corrected chi connectivity index (χ3v) is 7.13. The second kappa shape index (κ2) is 12.2. The van der Waals surface area contributed by atoms with Crippen molar-refractivity contribution in [2.75, 3.05) is 30.5 Å². The molecule has 0 radical (unpaired) electrons. The van der Waals surface area contributed by atoms with Crippen molar-refractivity contribution in [2.24, 2.45) is 5.92 Å². The van der Waals surface area contributed by atoms with E-state index in [2.05, 4.69) is 25.8 Å². The minimum absolute atomic E-state index is 0.110. The highest BCUT2D eigenvalue weighted by molar-refractivity contribution is 6.20. The Labute approximate surface area is 240 Å². The molecular formula is C28H33FN7O6+. The number of imide groups is 1. The maximum absolute atomic E-state index is 15.2. The van der Waals surface area contributed by atoms with Crippen LogP contribution in [0.2, 0.25) is 0 Å². The number of carbonyl (C=O) groups is 3. The third kappa shape index (κ3) is 5.81. The minimum atomic E-state index is -1.27. The molecular weight excluding hydrogens is 549 g/mol. The summed E-state index contributed by atoms with van der Waals surface area (Å²) in [5.41, 5.74) is 0.514. The molecule has 2 aliphatic heterocycles. The van der Waals surface area contributed by atoms with Gasteiger partial charge >= 0.3 is 11.9 Å². The molecule has 0 bridgehead atoms. The summed E-state index contributed by atoms with van der Waals surface area (Å²) in [7, 11) is 0. The maximum Gasteiger partial charge on any atom is 0.500 e. The molecule has 0 aliphatic carbocycles. The average molecular weight is 583 g/mol. The molecule has 2 atom stereocenters. The zero-order valence-electron chi connectivity index (χ0n) is 23.5. The predicted octanol–water partition coefficient (Wildman–Crippen LogP) is 2.87. The van der Waals surface area contributed by atoms with E-state index >= 15 is 4.39 Å². The Balaban J connectivity index is 1.35. The normalized spacial score (nSPS) is 18.8. The molecule has 0 saturated carbocycles. The fourth-order valence-electron chi connectivity index (χ4n) is 4.90. The summed E-state index contributed by atoms with van der Waals surface area (Å²) in [6.07, 6.45) is 3.79. The van der Waals surface area contributed by atoms with E-state index < -0.39 is 29.6 Å². The lowest BCUT2D eigenvalue weighted by atomic mass is 10.0. The SMILES string of the molecule is CC(C)[N+]1=CC(C(=O)Nc2ccc(Oc3ccnc4[nH]nc(N[C@H](C)CO)c34)c(F)c2)C(=O)N(C2CCOCC2)C1=O. The second-order valence-corrected chi connectivity index (χ2v) is 10.5. The number of carbonyl (C=O) groups excluding carboxylic acids is 3. The van der Waals surface area contributed by atoms with Gasteiger partial charge < -0.3 is 25.2 Å². The first-order chi connectivity index (χ1) is 20.2. The number of halogens is 1. The fourth-order valence-corrected chi connectivity index (χ4v) is 4.90. The molecule has 1 fully saturated rings. The Morgan fingerprint density at radius 2 is 2.00 bits per heavy atom. The quantitative estimate of drug-likeness (QED) is 0.220. The van der Waals surface area contributed by atoms with Crippen LogP contribution in [0.1, 0.15) is 33.6 Å². The molecule has 2 aliphatic rings. The number of aliphatic hydroxyl groups excluding tert-OH is 1. The van der Waals surface area contributed by atoms with Gasteiger partial charge in [0.2, 0.25) is 5.91 Å². The lowest BCUT2D eigenvalue weighted by Crippen LogP contribution is -2.59. The molecule has 13 nitrogen and oxygen atoms in total. The van der Waals surface area contributed by atoms with E-state index in [4.69, 9.17) is 9.47 Å². The number of aliphatic hydroxyl groups is 1. The number of rotatable bonds is 9. The van der Waals surface area contributed by atoms with Crippen LogP contribution in [0.4, 0.5) is 20.7 Å². The van der Waals surface area contributed by atoms with E-state index in [1.54, 1.807) is 26.8 Å². The molecule has 1 saturated heterocycles. The first kappa shape index (κ1) is 29.1. The molecule has 5 rings (SSSR count). The number of urea groups is 1. The van der Waals surface area contributed by atoms with Gasteiger partial charge in [0.25, 0.3) is 0 Å². The molecule has 14 heteroatoms. The number of ether oxygens (including phenoxy) is 2. The van der Waals surface area contributed by atoms with Gasteiger partial charge in [0.15, 0.2) is 28.9 Å². The average Bonchev–Trinajstić information content (AvgIpc) is 3.38. The summed E-state index contributed by atoms with van der Waals surface area (Å²) in [6.45, 7) is 6.06. The first-order valence-corrected chi connectivity index (χ1v) is 13.7. The van der Waals surface area contributed by atoms with E-state index in [-0.39, 0.29) is 41.9 Å². The largest absolute Gasteiger partial charge is 0.500 e. The number of hydrogen-bond acceptors (Lipinski definition) is 9. The van der Waals surface area contributed by atoms with Gasteiger partial charge in [0.05, 0.1) is 32.1 Å². The number of amides is 4. The van der Waals surface area contributed by atoms with Crippen LogP contribution in [-0.4, -0.2) is 91.8 Å². The van der Waals surface area contributed by atoms with Gasteiger partial charge in [-0.15, -0.1) is 0 Å². The van der Waals surface area contributed by atoms with Crippen LogP contribution in [0, 0.1) is 11.7 Å². The van der Waals surface area contributed by atoms with Gasteiger partial charge in [0.1, 0.15) is 17.2 Å². The number of aromatic amines is 1. The topological polar surface area (TPSA) is 162 Å². The summed E-state index contributed by atoms with van der Waals surface area (Å²) in [5, 5.41) is 22.4. The number of pyridine rings is 1. The van der Waals surface area contributed by atoms with Gasteiger partial charge in [-0.3, -0.25) is 9.89 Å². The van der Waals surface area contributed by atoms with E-state index in [1.165, 1.54) is 34.0 Å². The number of anilines is 2. The fraction of sp³-hybridized carbons (Fsp3) is 0.429. The Kier molecular flexibility index (Phi) is 8.45. The van der Waals surface area contributed by atoms with Gasteiger partial charge in [-0.05, 0) is 32.9 Å². The van der Waals surface area contributed by atoms with Gasteiger partial charge in [0, 0.05) is 42.9 Å². The lowest BCUT2D eigenvalue weighted by molar-refractivity contribution is -0.470. The van der Waals surface area contributed by atoms with Crippen LogP contribution in [0.5, 0.6) is 11.5 Å². The van der Waals surface area contributed by atoms with Crippen LogP contribution < -0.4 is 15.4 Å². The second-order valence-electron chi connectivity index (χ2n) is 10.5. The summed E-state index contributed by atoms with van der Waals surface area (Å²) < 4.78 is 27.8. The van der Waals surface area contributed by atoms with Crippen molar-refractivity contribution in [2.45, 2.75) is 51.7 Å². The Bertz CT molecular complexity index is 1530. The lowest BCUT2D eigenvalue weighted by Gasteiger charge is -2.31. The van der Waals surface area contributed by atoms with Crippen molar-refractivity contribution >= 4 is 46.6 Å². The van der Waals surface area contributed by atoms with E-state index in [0.29, 0.717) is 42.9 Å². The highest BCUT2D eigenvalue weighted by Crippen LogP contribution is 2.34. The standard InChI is InChI=1S/C28H32FN7O6/c1-15(2)35-13-19(27(39)36(28(35)40)18-7-10-41-11-8-18)26(38)32-17-4-5-21(20(29)12-17)42-22-6-9-30-24-23(22)25(34-33-24)31-16(3)14-37/h4-6,9,12-13,15-16,18-19,37H,7-8,10-11,14H2,1-3H3,(H2-,30,31,32,33,34,38)/p+1/t16-,19?/m1/s1. The number of nitrogens with one attached hydrogen (secondary N) is 3. The van der Waals surface area contributed by atoms with Gasteiger partial charge in [-0.25, -0.2) is 14.2 Å². The number of H-pyrrole nitrogens is 1.